The Kier molecular flexibility index (Phi) is 5.21. The van der Waals surface area contributed by atoms with Gasteiger partial charge in [0.05, 0.1) is 22.8 Å². The first-order chi connectivity index (χ1) is 16.3. The quantitative estimate of drug-likeness (QED) is 0.416. The van der Waals surface area contributed by atoms with Crippen LogP contribution in [0.2, 0.25) is 0 Å². The maximum absolute atomic E-state index is 13.3. The van der Waals surface area contributed by atoms with Crippen molar-refractivity contribution in [2.24, 2.45) is 0 Å². The molecule has 0 saturated heterocycles. The third-order valence-electron chi connectivity index (χ3n) is 4.98. The van der Waals surface area contributed by atoms with E-state index in [1.807, 2.05) is 35.7 Å². The number of hydrogen-bond donors (Lipinski definition) is 1. The van der Waals surface area contributed by atoms with Gasteiger partial charge in [0.1, 0.15) is 11.2 Å². The molecule has 0 fully saturated rings. The molecule has 0 saturated carbocycles. The van der Waals surface area contributed by atoms with Gasteiger partial charge in [0.25, 0.3) is 11.5 Å². The number of carbonyl (C=O) groups is 1. The number of halogens is 3. The number of amides is 1. The standard InChI is InChI=1S/C22H13F3N6O2S/c23-22(24,25)15-8-4-5-9-17(15)30-10-16(27-29-30)19(32)28-31-12-26-20-18(21(31)33)14(11-34-20)13-6-2-1-3-7-13/h1-12H,(H,28,32). The number of thiophene rings is 1. The average Bonchev–Trinajstić information content (AvgIpc) is 3.49. The second kappa shape index (κ2) is 8.23. The lowest BCUT2D eigenvalue weighted by Gasteiger charge is -2.11. The number of carbonyl (C=O) groups excluding carboxylic acids is 1. The Hall–Kier alpha value is -4.32. The molecule has 1 amide bonds. The zero-order valence-electron chi connectivity index (χ0n) is 17.0. The summed E-state index contributed by atoms with van der Waals surface area (Å²) >= 11 is 1.30. The molecule has 0 aliphatic carbocycles. The maximum atomic E-state index is 13.3. The molecule has 1 N–H and O–H groups in total. The number of benzene rings is 2. The lowest BCUT2D eigenvalue weighted by Crippen LogP contribution is -2.33. The van der Waals surface area contributed by atoms with E-state index in [1.54, 1.807) is 0 Å². The van der Waals surface area contributed by atoms with E-state index in [9.17, 15) is 22.8 Å². The molecule has 0 unspecified atom stereocenters. The SMILES string of the molecule is O=C(Nn1cnc2scc(-c3ccccc3)c2c1=O)c1cn(-c2ccccc2C(F)(F)F)nn1. The van der Waals surface area contributed by atoms with Crippen molar-refractivity contribution in [1.82, 2.24) is 24.7 Å². The van der Waals surface area contributed by atoms with Crippen molar-refractivity contribution >= 4 is 27.5 Å². The molecule has 0 aliphatic heterocycles. The highest BCUT2D eigenvalue weighted by Crippen LogP contribution is 2.33. The highest BCUT2D eigenvalue weighted by atomic mass is 32.1. The van der Waals surface area contributed by atoms with Crippen LogP contribution in [0.3, 0.4) is 0 Å². The first kappa shape index (κ1) is 21.5. The Morgan fingerprint density at radius 1 is 1.03 bits per heavy atom. The molecule has 3 heterocycles. The van der Waals surface area contributed by atoms with Gasteiger partial charge in [-0.2, -0.15) is 13.2 Å². The van der Waals surface area contributed by atoms with Crippen LogP contribution in [0.5, 0.6) is 0 Å². The molecule has 34 heavy (non-hydrogen) atoms. The summed E-state index contributed by atoms with van der Waals surface area (Å²) < 4.78 is 41.7. The van der Waals surface area contributed by atoms with E-state index in [-0.39, 0.29) is 11.4 Å². The van der Waals surface area contributed by atoms with Crippen molar-refractivity contribution < 1.29 is 18.0 Å². The number of nitrogens with one attached hydrogen (secondary N) is 1. The highest BCUT2D eigenvalue weighted by Gasteiger charge is 2.34. The van der Waals surface area contributed by atoms with Gasteiger partial charge in [-0.3, -0.25) is 15.0 Å². The van der Waals surface area contributed by atoms with Crippen molar-refractivity contribution in [2.45, 2.75) is 6.18 Å². The molecule has 0 radical (unpaired) electrons. The molecule has 0 bridgehead atoms. The van der Waals surface area contributed by atoms with Gasteiger partial charge in [-0.25, -0.2) is 14.3 Å². The maximum Gasteiger partial charge on any atom is 0.418 e. The molecule has 2 aromatic carbocycles. The van der Waals surface area contributed by atoms with E-state index in [2.05, 4.69) is 20.7 Å². The average molecular weight is 482 g/mol. The summed E-state index contributed by atoms with van der Waals surface area (Å²) in [4.78, 5) is 30.5. The Labute approximate surface area is 192 Å². The second-order valence-corrected chi connectivity index (χ2v) is 7.98. The van der Waals surface area contributed by atoms with Crippen molar-refractivity contribution in [2.75, 3.05) is 5.43 Å². The first-order valence-electron chi connectivity index (χ1n) is 9.77. The smallest absolute Gasteiger partial charge is 0.267 e. The van der Waals surface area contributed by atoms with Crippen LogP contribution >= 0.6 is 11.3 Å². The van der Waals surface area contributed by atoms with Crippen molar-refractivity contribution in [1.29, 1.82) is 0 Å². The lowest BCUT2D eigenvalue weighted by molar-refractivity contribution is -0.137. The summed E-state index contributed by atoms with van der Waals surface area (Å²) in [7, 11) is 0. The number of alkyl halides is 3. The van der Waals surface area contributed by atoms with Gasteiger partial charge in [0, 0.05) is 10.9 Å². The fourth-order valence-corrected chi connectivity index (χ4v) is 4.31. The third kappa shape index (κ3) is 3.83. The van der Waals surface area contributed by atoms with Crippen LogP contribution in [0.4, 0.5) is 13.2 Å². The Bertz CT molecular complexity index is 1570. The van der Waals surface area contributed by atoms with Gasteiger partial charge in [0.15, 0.2) is 5.69 Å². The normalized spacial score (nSPS) is 11.6. The number of rotatable bonds is 4. The van der Waals surface area contributed by atoms with E-state index in [0.29, 0.717) is 15.8 Å². The van der Waals surface area contributed by atoms with Gasteiger partial charge in [0.2, 0.25) is 0 Å². The first-order valence-corrected chi connectivity index (χ1v) is 10.7. The topological polar surface area (TPSA) is 94.7 Å². The Morgan fingerprint density at radius 3 is 2.53 bits per heavy atom. The summed E-state index contributed by atoms with van der Waals surface area (Å²) in [6.45, 7) is 0. The Morgan fingerprint density at radius 2 is 1.76 bits per heavy atom. The number of nitrogens with zero attached hydrogens (tertiary/aromatic N) is 5. The zero-order chi connectivity index (χ0) is 23.9. The highest BCUT2D eigenvalue weighted by molar-refractivity contribution is 7.17. The molecule has 5 rings (SSSR count). The molecule has 0 atom stereocenters. The van der Waals surface area contributed by atoms with Crippen LogP contribution < -0.4 is 11.0 Å². The van der Waals surface area contributed by atoms with Crippen molar-refractivity contribution in [3.8, 4) is 16.8 Å². The van der Waals surface area contributed by atoms with E-state index in [1.165, 1.54) is 29.5 Å². The summed E-state index contributed by atoms with van der Waals surface area (Å²) in [5.41, 5.74) is 1.87. The van der Waals surface area contributed by atoms with Gasteiger partial charge < -0.3 is 0 Å². The fraction of sp³-hybridized carbons (Fsp3) is 0.0455. The van der Waals surface area contributed by atoms with Gasteiger partial charge >= 0.3 is 6.18 Å². The molecule has 170 valence electrons. The van der Waals surface area contributed by atoms with Crippen LogP contribution in [0, 0.1) is 0 Å². The van der Waals surface area contributed by atoms with Crippen LogP contribution in [-0.4, -0.2) is 30.6 Å². The van der Waals surface area contributed by atoms with Crippen LogP contribution in [0.1, 0.15) is 16.1 Å². The van der Waals surface area contributed by atoms with Crippen molar-refractivity contribution in [3.63, 3.8) is 0 Å². The third-order valence-corrected chi connectivity index (χ3v) is 5.87. The summed E-state index contributed by atoms with van der Waals surface area (Å²) in [6, 6.07) is 14.0. The molecule has 0 aliphatic rings. The van der Waals surface area contributed by atoms with Crippen LogP contribution in [-0.2, 0) is 6.18 Å². The van der Waals surface area contributed by atoms with Gasteiger partial charge in [-0.05, 0) is 17.7 Å². The van der Waals surface area contributed by atoms with Crippen molar-refractivity contribution in [3.05, 3.63) is 94.1 Å². The zero-order valence-corrected chi connectivity index (χ0v) is 17.8. The Balaban J connectivity index is 1.47. The van der Waals surface area contributed by atoms with Gasteiger partial charge in [-0.15, -0.1) is 16.4 Å². The van der Waals surface area contributed by atoms with Crippen LogP contribution in [0.25, 0.3) is 27.0 Å². The number of fused-ring (bicyclic) bond motifs is 1. The number of para-hydroxylation sites is 1. The number of aromatic nitrogens is 5. The summed E-state index contributed by atoms with van der Waals surface area (Å²) in [6.07, 6.45) is -2.40. The summed E-state index contributed by atoms with van der Waals surface area (Å²) in [5, 5.41) is 9.45. The van der Waals surface area contributed by atoms with Gasteiger partial charge in [-0.1, -0.05) is 47.7 Å². The minimum Gasteiger partial charge on any atom is -0.267 e. The summed E-state index contributed by atoms with van der Waals surface area (Å²) in [5.74, 6) is -0.838. The van der Waals surface area contributed by atoms with Crippen LogP contribution in [0.15, 0.2) is 77.3 Å². The lowest BCUT2D eigenvalue weighted by atomic mass is 10.1. The molecular formula is C22H13F3N6O2S. The molecule has 0 spiro atoms. The predicted molar refractivity (Wildman–Crippen MR) is 119 cm³/mol. The van der Waals surface area contributed by atoms with E-state index in [0.717, 1.165) is 33.5 Å². The minimum absolute atomic E-state index is 0.280. The largest absolute Gasteiger partial charge is 0.418 e. The monoisotopic (exact) mass is 482 g/mol. The predicted octanol–water partition coefficient (Wildman–Crippen LogP) is 4.11. The fourth-order valence-electron chi connectivity index (χ4n) is 3.41. The molecular weight excluding hydrogens is 469 g/mol. The van der Waals surface area contributed by atoms with E-state index in [4.69, 9.17) is 0 Å². The molecule has 8 nitrogen and oxygen atoms in total. The second-order valence-electron chi connectivity index (χ2n) is 7.12. The van der Waals surface area contributed by atoms with E-state index < -0.39 is 23.2 Å². The molecule has 5 aromatic rings. The molecule has 12 heteroatoms. The molecule has 3 aromatic heterocycles. The minimum atomic E-state index is -4.61. The van der Waals surface area contributed by atoms with E-state index >= 15 is 0 Å². The number of hydrogen-bond acceptors (Lipinski definition) is 6.